The quantitative estimate of drug-likeness (QED) is 0.274. The fourth-order valence-electron chi connectivity index (χ4n) is 6.27. The number of carbonyl (C=O) groups excluding carboxylic acids is 2. The van der Waals surface area contributed by atoms with Gasteiger partial charge in [-0.3, -0.25) is 9.69 Å². The number of benzene rings is 3. The first-order valence-electron chi connectivity index (χ1n) is 15.9. The van der Waals surface area contributed by atoms with E-state index in [0.29, 0.717) is 30.1 Å². The highest BCUT2D eigenvalue weighted by atomic mass is 16.5. The summed E-state index contributed by atoms with van der Waals surface area (Å²) in [5.41, 5.74) is 4.42. The molecular weight excluding hydrogens is 552 g/mol. The molecule has 234 valence electrons. The van der Waals surface area contributed by atoms with Crippen molar-refractivity contribution in [2.24, 2.45) is 5.92 Å². The van der Waals surface area contributed by atoms with Gasteiger partial charge in [-0.2, -0.15) is 0 Å². The van der Waals surface area contributed by atoms with Gasteiger partial charge in [-0.25, -0.2) is 4.79 Å². The van der Waals surface area contributed by atoms with Gasteiger partial charge >= 0.3 is 6.03 Å². The molecule has 5 rings (SSSR count). The van der Waals surface area contributed by atoms with Crippen LogP contribution in [0.1, 0.15) is 61.9 Å². The van der Waals surface area contributed by atoms with Gasteiger partial charge in [0.2, 0.25) is 0 Å². The largest absolute Gasteiger partial charge is 0.486 e. The molecule has 0 spiro atoms. The third kappa shape index (κ3) is 7.79. The maximum absolute atomic E-state index is 13.8. The second-order valence-electron chi connectivity index (χ2n) is 12.5. The first kappa shape index (κ1) is 31.5. The Morgan fingerprint density at radius 2 is 1.70 bits per heavy atom. The van der Waals surface area contributed by atoms with Gasteiger partial charge in [0.15, 0.2) is 5.75 Å². The summed E-state index contributed by atoms with van der Waals surface area (Å²) in [5.74, 6) is 0.131. The molecule has 0 saturated heterocycles. The molecule has 3 atom stereocenters. The topological polar surface area (TPSA) is 94.1 Å². The van der Waals surface area contributed by atoms with Crippen molar-refractivity contribution < 1.29 is 19.4 Å². The number of carbonyl (C=O) groups is 2. The molecule has 3 amide bonds. The van der Waals surface area contributed by atoms with Crippen LogP contribution in [0.4, 0.5) is 10.5 Å². The Labute approximate surface area is 261 Å². The third-order valence-electron chi connectivity index (χ3n) is 8.88. The summed E-state index contributed by atoms with van der Waals surface area (Å²) in [7, 11) is 2.07. The van der Waals surface area contributed by atoms with E-state index in [4.69, 9.17) is 4.74 Å². The number of nitrogens with one attached hydrogen (secondary N) is 2. The zero-order valence-electron chi connectivity index (χ0n) is 26.2. The maximum atomic E-state index is 13.8. The Bertz CT molecular complexity index is 1390. The van der Waals surface area contributed by atoms with Crippen LogP contribution in [0.15, 0.2) is 72.8 Å². The average molecular weight is 599 g/mol. The Morgan fingerprint density at radius 1 is 1.00 bits per heavy atom. The van der Waals surface area contributed by atoms with Gasteiger partial charge in [-0.1, -0.05) is 86.8 Å². The van der Waals surface area contributed by atoms with Crippen molar-refractivity contribution >= 4 is 17.6 Å². The van der Waals surface area contributed by atoms with E-state index in [-0.39, 0.29) is 42.7 Å². The van der Waals surface area contributed by atoms with E-state index in [2.05, 4.69) is 65.9 Å². The van der Waals surface area contributed by atoms with Crippen LogP contribution in [0.3, 0.4) is 0 Å². The predicted molar refractivity (Wildman–Crippen MR) is 175 cm³/mol. The SMILES string of the molecule is C[C@H]1CN([C@@H](C)CO)C(=O)c2cccc(NC(=O)NC3CCCCC3)c2O[C@H]1CN(C)Cc1ccc(-c2ccccc2)cc1. The zero-order valence-corrected chi connectivity index (χ0v) is 26.2. The molecule has 0 aromatic heterocycles. The Morgan fingerprint density at radius 3 is 2.41 bits per heavy atom. The molecule has 8 heteroatoms. The number of ether oxygens (including phenoxy) is 1. The van der Waals surface area contributed by atoms with Crippen LogP contribution in [0.25, 0.3) is 11.1 Å². The zero-order chi connectivity index (χ0) is 31.1. The molecule has 1 aliphatic heterocycles. The lowest BCUT2D eigenvalue weighted by Crippen LogP contribution is -2.50. The van der Waals surface area contributed by atoms with Crippen LogP contribution >= 0.6 is 0 Å². The summed E-state index contributed by atoms with van der Waals surface area (Å²) in [6, 6.07) is 23.8. The van der Waals surface area contributed by atoms with E-state index in [1.807, 2.05) is 25.1 Å². The number of hydrogen-bond acceptors (Lipinski definition) is 5. The van der Waals surface area contributed by atoms with E-state index in [1.165, 1.54) is 23.1 Å². The molecule has 3 aromatic rings. The number of aliphatic hydroxyl groups is 1. The first-order chi connectivity index (χ1) is 21.3. The highest BCUT2D eigenvalue weighted by Crippen LogP contribution is 2.35. The average Bonchev–Trinajstić information content (AvgIpc) is 3.04. The number of hydrogen-bond donors (Lipinski definition) is 3. The predicted octanol–water partition coefficient (Wildman–Crippen LogP) is 6.16. The maximum Gasteiger partial charge on any atom is 0.319 e. The van der Waals surface area contributed by atoms with Gasteiger partial charge in [-0.05, 0) is 55.6 Å². The minimum Gasteiger partial charge on any atom is -0.486 e. The molecule has 8 nitrogen and oxygen atoms in total. The molecule has 2 aliphatic rings. The summed E-state index contributed by atoms with van der Waals surface area (Å²) in [6.45, 7) is 5.58. The standard InChI is InChI=1S/C36H46N4O4/c1-25-21-40(26(2)24-41)35(42)31-15-10-16-32(38-36(43)37-30-13-8-5-9-14-30)34(31)44-33(25)23-39(3)22-27-17-19-29(20-18-27)28-11-6-4-7-12-28/h4,6-7,10-12,15-20,25-26,30,33,41H,5,8-9,13-14,21-24H2,1-3H3,(H2,37,38,43)/t25-,26-,33-/m0/s1. The molecule has 0 bridgehead atoms. The molecule has 3 aromatic carbocycles. The van der Waals surface area contributed by atoms with Crippen molar-refractivity contribution in [2.75, 3.05) is 32.1 Å². The van der Waals surface area contributed by atoms with Crippen molar-refractivity contribution in [1.29, 1.82) is 0 Å². The minimum absolute atomic E-state index is 0.0341. The van der Waals surface area contributed by atoms with Crippen molar-refractivity contribution in [3.63, 3.8) is 0 Å². The molecule has 1 fully saturated rings. The summed E-state index contributed by atoms with van der Waals surface area (Å²) < 4.78 is 6.69. The smallest absolute Gasteiger partial charge is 0.319 e. The molecule has 0 unspecified atom stereocenters. The number of likely N-dealkylation sites (N-methyl/N-ethyl adjacent to an activating group) is 1. The molecule has 0 radical (unpaired) electrons. The molecule has 1 aliphatic carbocycles. The van der Waals surface area contributed by atoms with Crippen LogP contribution in [-0.4, -0.2) is 71.8 Å². The fraction of sp³-hybridized carbons (Fsp3) is 0.444. The lowest BCUT2D eigenvalue weighted by Gasteiger charge is -2.38. The summed E-state index contributed by atoms with van der Waals surface area (Å²) in [6.07, 6.45) is 5.12. The van der Waals surface area contributed by atoms with Gasteiger partial charge in [0, 0.05) is 31.6 Å². The molecular formula is C36H46N4O4. The molecule has 3 N–H and O–H groups in total. The Kier molecular flexibility index (Phi) is 10.6. The molecule has 1 saturated carbocycles. The highest BCUT2D eigenvalue weighted by molar-refractivity contribution is 6.01. The van der Waals surface area contributed by atoms with E-state index in [1.54, 1.807) is 23.1 Å². The van der Waals surface area contributed by atoms with Crippen molar-refractivity contribution in [2.45, 2.75) is 70.7 Å². The van der Waals surface area contributed by atoms with Gasteiger partial charge in [0.05, 0.1) is 23.9 Å². The van der Waals surface area contributed by atoms with Gasteiger partial charge in [0.1, 0.15) is 6.10 Å². The lowest BCUT2D eigenvalue weighted by atomic mass is 9.96. The van der Waals surface area contributed by atoms with Crippen LogP contribution in [0.2, 0.25) is 0 Å². The Balaban J connectivity index is 1.35. The number of nitrogens with zero attached hydrogens (tertiary/aromatic N) is 2. The number of rotatable bonds is 9. The van der Waals surface area contributed by atoms with Crippen molar-refractivity contribution in [3.05, 3.63) is 83.9 Å². The number of anilines is 1. The van der Waals surface area contributed by atoms with Crippen LogP contribution in [-0.2, 0) is 6.54 Å². The van der Waals surface area contributed by atoms with E-state index < -0.39 is 0 Å². The number of para-hydroxylation sites is 1. The normalized spacial score (nSPS) is 19.8. The summed E-state index contributed by atoms with van der Waals surface area (Å²) in [4.78, 5) is 30.8. The number of urea groups is 1. The summed E-state index contributed by atoms with van der Waals surface area (Å²) >= 11 is 0. The number of aliphatic hydroxyl groups excluding tert-OH is 1. The van der Waals surface area contributed by atoms with Crippen molar-refractivity contribution in [1.82, 2.24) is 15.1 Å². The van der Waals surface area contributed by atoms with Crippen LogP contribution < -0.4 is 15.4 Å². The van der Waals surface area contributed by atoms with E-state index >= 15 is 0 Å². The lowest BCUT2D eigenvalue weighted by molar-refractivity contribution is 0.0343. The van der Waals surface area contributed by atoms with Gasteiger partial charge in [-0.15, -0.1) is 0 Å². The van der Waals surface area contributed by atoms with Crippen LogP contribution in [0, 0.1) is 5.92 Å². The van der Waals surface area contributed by atoms with Crippen molar-refractivity contribution in [3.8, 4) is 16.9 Å². The highest BCUT2D eigenvalue weighted by Gasteiger charge is 2.34. The second-order valence-corrected chi connectivity index (χ2v) is 12.5. The summed E-state index contributed by atoms with van der Waals surface area (Å²) in [5, 5.41) is 16.1. The number of amides is 3. The van der Waals surface area contributed by atoms with E-state index in [9.17, 15) is 14.7 Å². The minimum atomic E-state index is -0.358. The molecule has 1 heterocycles. The molecule has 44 heavy (non-hydrogen) atoms. The second kappa shape index (κ2) is 14.7. The third-order valence-corrected chi connectivity index (χ3v) is 8.88. The van der Waals surface area contributed by atoms with E-state index in [0.717, 1.165) is 32.2 Å². The van der Waals surface area contributed by atoms with Gasteiger partial charge in [0.25, 0.3) is 5.91 Å². The number of fused-ring (bicyclic) bond motifs is 1. The monoisotopic (exact) mass is 598 g/mol. The van der Waals surface area contributed by atoms with Gasteiger partial charge < -0.3 is 25.4 Å². The Hall–Kier alpha value is -3.88. The first-order valence-corrected chi connectivity index (χ1v) is 15.9. The van der Waals surface area contributed by atoms with Crippen LogP contribution in [0.5, 0.6) is 5.75 Å². The fourth-order valence-corrected chi connectivity index (χ4v) is 6.27.